The second-order valence-corrected chi connectivity index (χ2v) is 6.11. The zero-order valence-corrected chi connectivity index (χ0v) is 15.6. The highest BCUT2D eigenvalue weighted by atomic mass is 16.5. The molecule has 0 saturated heterocycles. The Morgan fingerprint density at radius 1 is 1.11 bits per heavy atom. The maximum Gasteiger partial charge on any atom is 0.251 e. The molecule has 1 heterocycles. The van der Waals surface area contributed by atoms with Gasteiger partial charge in [0, 0.05) is 17.7 Å². The van der Waals surface area contributed by atoms with E-state index in [1.807, 2.05) is 38.1 Å². The van der Waals surface area contributed by atoms with Gasteiger partial charge in [-0.15, -0.1) is 0 Å². The van der Waals surface area contributed by atoms with Crippen molar-refractivity contribution in [2.45, 2.75) is 27.0 Å². The first-order valence-corrected chi connectivity index (χ1v) is 8.63. The second kappa shape index (κ2) is 8.40. The smallest absolute Gasteiger partial charge is 0.251 e. The van der Waals surface area contributed by atoms with Crippen LogP contribution < -0.4 is 14.8 Å². The average Bonchev–Trinajstić information content (AvgIpc) is 3.02. The largest absolute Gasteiger partial charge is 0.496 e. The van der Waals surface area contributed by atoms with Gasteiger partial charge < -0.3 is 19.3 Å². The van der Waals surface area contributed by atoms with Gasteiger partial charge in [0.15, 0.2) is 0 Å². The summed E-state index contributed by atoms with van der Waals surface area (Å²) >= 11 is 0. The number of benzene rings is 2. The van der Waals surface area contributed by atoms with E-state index in [-0.39, 0.29) is 5.91 Å². The number of nitrogens with one attached hydrogen (secondary N) is 1. The standard InChI is InChI=1S/C21H22N2O4/c1-14-19(15(2)27-23-14)13-26-18-10-8-16(9-11-18)21(24)22-12-17-6-4-5-7-20(17)25-3/h4-11H,12-13H2,1-3H3,(H,22,24). The van der Waals surface area contributed by atoms with E-state index >= 15 is 0 Å². The van der Waals surface area contributed by atoms with E-state index < -0.39 is 0 Å². The summed E-state index contributed by atoms with van der Waals surface area (Å²) in [5.41, 5.74) is 3.25. The van der Waals surface area contributed by atoms with Crippen molar-refractivity contribution in [1.82, 2.24) is 10.5 Å². The van der Waals surface area contributed by atoms with Gasteiger partial charge >= 0.3 is 0 Å². The summed E-state index contributed by atoms with van der Waals surface area (Å²) in [7, 11) is 1.61. The van der Waals surface area contributed by atoms with Crippen molar-refractivity contribution in [3.8, 4) is 11.5 Å². The van der Waals surface area contributed by atoms with Crippen LogP contribution in [0.15, 0.2) is 53.1 Å². The Balaban J connectivity index is 1.57. The Morgan fingerprint density at radius 3 is 2.52 bits per heavy atom. The van der Waals surface area contributed by atoms with Crippen molar-refractivity contribution in [2.24, 2.45) is 0 Å². The highest BCUT2D eigenvalue weighted by Crippen LogP contribution is 2.19. The maximum atomic E-state index is 12.3. The molecule has 0 atom stereocenters. The predicted molar refractivity (Wildman–Crippen MR) is 101 cm³/mol. The minimum absolute atomic E-state index is 0.154. The number of aryl methyl sites for hydroxylation is 2. The monoisotopic (exact) mass is 366 g/mol. The van der Waals surface area contributed by atoms with Gasteiger partial charge in [-0.2, -0.15) is 0 Å². The van der Waals surface area contributed by atoms with Crippen LogP contribution in [-0.4, -0.2) is 18.2 Å². The number of amides is 1. The van der Waals surface area contributed by atoms with Crippen LogP contribution in [0.3, 0.4) is 0 Å². The molecule has 3 aromatic rings. The van der Waals surface area contributed by atoms with Crippen LogP contribution in [0.5, 0.6) is 11.5 Å². The van der Waals surface area contributed by atoms with Crippen molar-refractivity contribution in [1.29, 1.82) is 0 Å². The molecule has 0 spiro atoms. The molecule has 2 aromatic carbocycles. The van der Waals surface area contributed by atoms with Crippen LogP contribution in [0, 0.1) is 13.8 Å². The number of aromatic nitrogens is 1. The summed E-state index contributed by atoms with van der Waals surface area (Å²) in [6.45, 7) is 4.51. The first-order chi connectivity index (χ1) is 13.1. The van der Waals surface area contributed by atoms with Crippen molar-refractivity contribution in [2.75, 3.05) is 7.11 Å². The van der Waals surface area contributed by atoms with Gasteiger partial charge in [-0.1, -0.05) is 23.4 Å². The molecule has 1 N–H and O–H groups in total. The molecule has 3 rings (SSSR count). The number of carbonyl (C=O) groups excluding carboxylic acids is 1. The van der Waals surface area contributed by atoms with Crippen LogP contribution in [0.25, 0.3) is 0 Å². The molecule has 1 aromatic heterocycles. The summed E-state index contributed by atoms with van der Waals surface area (Å²) in [6.07, 6.45) is 0. The lowest BCUT2D eigenvalue weighted by Crippen LogP contribution is -2.22. The summed E-state index contributed by atoms with van der Waals surface area (Å²) in [5, 5.41) is 6.80. The Morgan fingerprint density at radius 2 is 1.85 bits per heavy atom. The molecular formula is C21H22N2O4. The number of nitrogens with zero attached hydrogens (tertiary/aromatic N) is 1. The molecule has 0 unspecified atom stereocenters. The van der Waals surface area contributed by atoms with E-state index in [0.717, 1.165) is 28.3 Å². The summed E-state index contributed by atoms with van der Waals surface area (Å²) < 4.78 is 16.2. The zero-order chi connectivity index (χ0) is 19.2. The van der Waals surface area contributed by atoms with Crippen LogP contribution in [-0.2, 0) is 13.2 Å². The first-order valence-electron chi connectivity index (χ1n) is 8.63. The van der Waals surface area contributed by atoms with Crippen molar-refractivity contribution < 1.29 is 18.8 Å². The van der Waals surface area contributed by atoms with E-state index in [1.165, 1.54) is 0 Å². The molecule has 0 radical (unpaired) electrons. The van der Waals surface area contributed by atoms with Gasteiger partial charge in [-0.25, -0.2) is 0 Å². The summed E-state index contributed by atoms with van der Waals surface area (Å²) in [6, 6.07) is 14.6. The molecule has 27 heavy (non-hydrogen) atoms. The third-order valence-electron chi connectivity index (χ3n) is 4.31. The lowest BCUT2D eigenvalue weighted by molar-refractivity contribution is 0.0950. The molecule has 0 fully saturated rings. The van der Waals surface area contributed by atoms with Gasteiger partial charge in [-0.3, -0.25) is 4.79 Å². The fourth-order valence-corrected chi connectivity index (χ4v) is 2.69. The number of ether oxygens (including phenoxy) is 2. The molecular weight excluding hydrogens is 344 g/mol. The Bertz CT molecular complexity index is 897. The van der Waals surface area contributed by atoms with E-state index in [2.05, 4.69) is 10.5 Å². The van der Waals surface area contributed by atoms with E-state index in [4.69, 9.17) is 14.0 Å². The fourth-order valence-electron chi connectivity index (χ4n) is 2.69. The highest BCUT2D eigenvalue weighted by Gasteiger charge is 2.11. The van der Waals surface area contributed by atoms with Crippen LogP contribution in [0.4, 0.5) is 0 Å². The van der Waals surface area contributed by atoms with Crippen LogP contribution in [0.2, 0.25) is 0 Å². The number of methoxy groups -OCH3 is 1. The van der Waals surface area contributed by atoms with E-state index in [1.54, 1.807) is 31.4 Å². The number of hydrogen-bond donors (Lipinski definition) is 1. The van der Waals surface area contributed by atoms with Crippen LogP contribution >= 0.6 is 0 Å². The first kappa shape index (κ1) is 18.5. The van der Waals surface area contributed by atoms with Gasteiger partial charge in [0.2, 0.25) is 0 Å². The molecule has 6 heteroatoms. The normalized spacial score (nSPS) is 10.5. The van der Waals surface area contributed by atoms with Gasteiger partial charge in [-0.05, 0) is 44.2 Å². The average molecular weight is 366 g/mol. The van der Waals surface area contributed by atoms with E-state index in [9.17, 15) is 4.79 Å². The molecule has 0 aliphatic carbocycles. The number of hydrogen-bond acceptors (Lipinski definition) is 5. The molecule has 0 aliphatic rings. The number of carbonyl (C=O) groups is 1. The lowest BCUT2D eigenvalue weighted by Gasteiger charge is -2.10. The van der Waals surface area contributed by atoms with E-state index in [0.29, 0.717) is 24.5 Å². The van der Waals surface area contributed by atoms with Crippen molar-refractivity contribution in [3.63, 3.8) is 0 Å². The van der Waals surface area contributed by atoms with Gasteiger partial charge in [0.1, 0.15) is 23.9 Å². The predicted octanol–water partition coefficient (Wildman–Crippen LogP) is 3.81. The SMILES string of the molecule is COc1ccccc1CNC(=O)c1ccc(OCc2c(C)noc2C)cc1. The van der Waals surface area contributed by atoms with Crippen LogP contribution in [0.1, 0.15) is 32.9 Å². The molecule has 140 valence electrons. The minimum Gasteiger partial charge on any atom is -0.496 e. The molecule has 6 nitrogen and oxygen atoms in total. The lowest BCUT2D eigenvalue weighted by atomic mass is 10.1. The van der Waals surface area contributed by atoms with Gasteiger partial charge in [0.25, 0.3) is 5.91 Å². The Kier molecular flexibility index (Phi) is 5.76. The zero-order valence-electron chi connectivity index (χ0n) is 15.6. The molecule has 0 saturated carbocycles. The Labute approximate surface area is 158 Å². The molecule has 0 aliphatic heterocycles. The summed E-state index contributed by atoms with van der Waals surface area (Å²) in [5.74, 6) is 2.02. The van der Waals surface area contributed by atoms with Crippen molar-refractivity contribution in [3.05, 3.63) is 76.7 Å². The number of rotatable bonds is 7. The second-order valence-electron chi connectivity index (χ2n) is 6.11. The molecule has 1 amide bonds. The maximum absolute atomic E-state index is 12.3. The fraction of sp³-hybridized carbons (Fsp3) is 0.238. The van der Waals surface area contributed by atoms with Gasteiger partial charge in [0.05, 0.1) is 18.4 Å². The highest BCUT2D eigenvalue weighted by molar-refractivity contribution is 5.94. The summed E-state index contributed by atoms with van der Waals surface area (Å²) in [4.78, 5) is 12.3. The topological polar surface area (TPSA) is 73.6 Å². The number of para-hydroxylation sites is 1. The third-order valence-corrected chi connectivity index (χ3v) is 4.31. The molecule has 0 bridgehead atoms. The third kappa shape index (κ3) is 4.47. The Hall–Kier alpha value is -3.28. The minimum atomic E-state index is -0.154. The van der Waals surface area contributed by atoms with Crippen molar-refractivity contribution >= 4 is 5.91 Å². The quantitative estimate of drug-likeness (QED) is 0.688.